The Morgan fingerprint density at radius 3 is 1.49 bits per heavy atom. The molecule has 57 heavy (non-hydrogen) atoms. The van der Waals surface area contributed by atoms with Crippen LogP contribution in [-0.2, 0) is 5.41 Å². The van der Waals surface area contributed by atoms with Gasteiger partial charge in [-0.15, -0.1) is 0 Å². The van der Waals surface area contributed by atoms with Crippen molar-refractivity contribution in [3.8, 4) is 44.5 Å². The predicted molar refractivity (Wildman–Crippen MR) is 245 cm³/mol. The van der Waals surface area contributed by atoms with Crippen molar-refractivity contribution in [3.05, 3.63) is 205 Å². The minimum absolute atomic E-state index is 0.150. The number of hydrogen-bond acceptors (Lipinski definition) is 0. The summed E-state index contributed by atoms with van der Waals surface area (Å²) in [6.07, 6.45) is 0. The van der Waals surface area contributed by atoms with Crippen molar-refractivity contribution in [1.29, 1.82) is 0 Å². The summed E-state index contributed by atoms with van der Waals surface area (Å²) in [7, 11) is 0. The molecule has 0 bridgehead atoms. The van der Waals surface area contributed by atoms with E-state index in [0.717, 1.165) is 0 Å². The molecule has 1 aliphatic rings. The van der Waals surface area contributed by atoms with Crippen molar-refractivity contribution in [2.45, 2.75) is 19.3 Å². The average Bonchev–Trinajstić information content (AvgIpc) is 3.50. The summed E-state index contributed by atoms with van der Waals surface area (Å²) >= 11 is 0. The van der Waals surface area contributed by atoms with Crippen LogP contribution in [0.25, 0.3) is 109 Å². The SMILES string of the molecule is CC1(C)c2cc(-c3cccc(-c4cc5ccc6ccc7ccccc7c6c5c5ccccc45)c3)ccc2-c2ccc(-c3cc4ccccc4c4ccccc34)cc21. The monoisotopic (exact) mass is 722 g/mol. The molecule has 0 atom stereocenters. The van der Waals surface area contributed by atoms with Crippen LogP contribution >= 0.6 is 0 Å². The zero-order valence-corrected chi connectivity index (χ0v) is 32.0. The van der Waals surface area contributed by atoms with Gasteiger partial charge in [-0.1, -0.05) is 178 Å². The summed E-state index contributed by atoms with van der Waals surface area (Å²) in [4.78, 5) is 0. The Labute approximate surface area is 332 Å². The van der Waals surface area contributed by atoms with Gasteiger partial charge in [-0.3, -0.25) is 0 Å². The standard InChI is InChI=1S/C57H38/c1-57(2)53-33-38(26-28-48(53)49-29-27-41(34-54(49)57)51-31-40-13-4-5-16-43(40)45-18-7-8-19-46(45)51)37-14-11-15-39(30-37)52-32-42-25-24-36-23-22-35-12-3-6-17-44(35)55(36)56(42)50-21-10-9-20-47(50)52/h3-34H,1-2H3. The van der Waals surface area contributed by atoms with Gasteiger partial charge in [0.1, 0.15) is 0 Å². The normalized spacial score (nSPS) is 13.2. The largest absolute Gasteiger partial charge is 0.0616 e. The molecule has 0 saturated carbocycles. The van der Waals surface area contributed by atoms with E-state index >= 15 is 0 Å². The fourth-order valence-electron chi connectivity index (χ4n) is 10.2. The molecule has 0 unspecified atom stereocenters. The highest BCUT2D eigenvalue weighted by Gasteiger charge is 2.36. The maximum absolute atomic E-state index is 2.46. The third-order valence-electron chi connectivity index (χ3n) is 13.0. The summed E-state index contributed by atoms with van der Waals surface area (Å²) in [5, 5.41) is 15.6. The van der Waals surface area contributed by atoms with Crippen molar-refractivity contribution in [3.63, 3.8) is 0 Å². The van der Waals surface area contributed by atoms with Crippen LogP contribution in [-0.4, -0.2) is 0 Å². The Morgan fingerprint density at radius 2 is 0.737 bits per heavy atom. The van der Waals surface area contributed by atoms with Crippen molar-refractivity contribution in [2.75, 3.05) is 0 Å². The van der Waals surface area contributed by atoms with Crippen LogP contribution in [0.15, 0.2) is 194 Å². The molecule has 0 fully saturated rings. The van der Waals surface area contributed by atoms with E-state index in [4.69, 9.17) is 0 Å². The molecule has 11 aromatic rings. The van der Waals surface area contributed by atoms with Crippen molar-refractivity contribution >= 4 is 64.6 Å². The van der Waals surface area contributed by atoms with E-state index in [1.165, 1.54) is 120 Å². The molecule has 0 radical (unpaired) electrons. The first-order valence-electron chi connectivity index (χ1n) is 20.1. The second kappa shape index (κ2) is 12.0. The highest BCUT2D eigenvalue weighted by atomic mass is 14.4. The summed E-state index contributed by atoms with van der Waals surface area (Å²) in [5.41, 5.74) is 12.9. The van der Waals surface area contributed by atoms with E-state index in [1.54, 1.807) is 0 Å². The molecule has 0 aliphatic heterocycles. The quantitative estimate of drug-likeness (QED) is 0.159. The second-order valence-corrected chi connectivity index (χ2v) is 16.4. The molecule has 0 N–H and O–H groups in total. The van der Waals surface area contributed by atoms with E-state index in [1.807, 2.05) is 0 Å². The summed E-state index contributed by atoms with van der Waals surface area (Å²) < 4.78 is 0. The van der Waals surface area contributed by atoms with Gasteiger partial charge in [0.2, 0.25) is 0 Å². The van der Waals surface area contributed by atoms with Crippen LogP contribution in [0.5, 0.6) is 0 Å². The first-order valence-corrected chi connectivity index (χ1v) is 20.1. The molecule has 0 nitrogen and oxygen atoms in total. The molecule has 266 valence electrons. The third kappa shape index (κ3) is 4.74. The number of benzene rings is 11. The van der Waals surface area contributed by atoms with Crippen LogP contribution < -0.4 is 0 Å². The Kier molecular flexibility index (Phi) is 6.78. The van der Waals surface area contributed by atoms with Gasteiger partial charge in [0, 0.05) is 5.41 Å². The summed E-state index contributed by atoms with van der Waals surface area (Å²) in [6.45, 7) is 4.79. The molecule has 0 amide bonds. The van der Waals surface area contributed by atoms with Crippen LogP contribution in [0.3, 0.4) is 0 Å². The lowest BCUT2D eigenvalue weighted by Crippen LogP contribution is -2.15. The van der Waals surface area contributed by atoms with Gasteiger partial charge in [-0.25, -0.2) is 0 Å². The van der Waals surface area contributed by atoms with Crippen LogP contribution in [0.2, 0.25) is 0 Å². The number of rotatable bonds is 3. The van der Waals surface area contributed by atoms with Gasteiger partial charge in [0.05, 0.1) is 0 Å². The van der Waals surface area contributed by atoms with Gasteiger partial charge in [-0.05, 0) is 151 Å². The fraction of sp³-hybridized carbons (Fsp3) is 0.0526. The molecule has 0 spiro atoms. The maximum Gasteiger partial charge on any atom is 0.0159 e. The van der Waals surface area contributed by atoms with Gasteiger partial charge in [0.15, 0.2) is 0 Å². The predicted octanol–water partition coefficient (Wildman–Crippen LogP) is 15.9. The van der Waals surface area contributed by atoms with E-state index in [9.17, 15) is 0 Å². The van der Waals surface area contributed by atoms with Crippen molar-refractivity contribution < 1.29 is 0 Å². The van der Waals surface area contributed by atoms with E-state index in [-0.39, 0.29) is 5.41 Å². The van der Waals surface area contributed by atoms with Crippen molar-refractivity contribution in [1.82, 2.24) is 0 Å². The summed E-state index contributed by atoms with van der Waals surface area (Å²) in [5.74, 6) is 0. The molecule has 1 aliphatic carbocycles. The second-order valence-electron chi connectivity index (χ2n) is 16.4. The average molecular weight is 723 g/mol. The van der Waals surface area contributed by atoms with E-state index < -0.39 is 0 Å². The Bertz CT molecular complexity index is 3490. The van der Waals surface area contributed by atoms with Crippen LogP contribution in [0.4, 0.5) is 0 Å². The molecule has 0 heteroatoms. The Balaban J connectivity index is 0.968. The zero-order valence-electron chi connectivity index (χ0n) is 32.0. The number of fused-ring (bicyclic) bond motifs is 13. The molecule has 0 aromatic heterocycles. The minimum Gasteiger partial charge on any atom is -0.0616 e. The molecular weight excluding hydrogens is 685 g/mol. The van der Waals surface area contributed by atoms with Crippen LogP contribution in [0.1, 0.15) is 25.0 Å². The van der Waals surface area contributed by atoms with Gasteiger partial charge >= 0.3 is 0 Å². The first kappa shape index (κ1) is 32.2. The smallest absolute Gasteiger partial charge is 0.0159 e. The molecule has 0 saturated heterocycles. The Morgan fingerprint density at radius 1 is 0.263 bits per heavy atom. The third-order valence-corrected chi connectivity index (χ3v) is 13.0. The lowest BCUT2D eigenvalue weighted by Gasteiger charge is -2.23. The van der Waals surface area contributed by atoms with E-state index in [0.29, 0.717) is 0 Å². The van der Waals surface area contributed by atoms with Gasteiger partial charge in [-0.2, -0.15) is 0 Å². The molecular formula is C57H38. The van der Waals surface area contributed by atoms with Gasteiger partial charge < -0.3 is 0 Å². The maximum atomic E-state index is 2.46. The topological polar surface area (TPSA) is 0 Å². The molecule has 11 aromatic carbocycles. The molecule has 12 rings (SSSR count). The highest BCUT2D eigenvalue weighted by molar-refractivity contribution is 6.29. The first-order chi connectivity index (χ1) is 28.0. The fourth-order valence-corrected chi connectivity index (χ4v) is 10.2. The lowest BCUT2D eigenvalue weighted by atomic mass is 9.80. The Hall–Kier alpha value is -7.02. The van der Waals surface area contributed by atoms with Crippen LogP contribution in [0, 0.1) is 0 Å². The van der Waals surface area contributed by atoms with Crippen molar-refractivity contribution in [2.24, 2.45) is 0 Å². The lowest BCUT2D eigenvalue weighted by molar-refractivity contribution is 0.661. The van der Waals surface area contributed by atoms with E-state index in [2.05, 4.69) is 208 Å². The number of hydrogen-bond donors (Lipinski definition) is 0. The summed E-state index contributed by atoms with van der Waals surface area (Å²) in [6, 6.07) is 72.7. The zero-order chi connectivity index (χ0) is 37.8. The highest BCUT2D eigenvalue weighted by Crippen LogP contribution is 2.51. The minimum atomic E-state index is -0.150. The molecule has 0 heterocycles. The van der Waals surface area contributed by atoms with Gasteiger partial charge in [0.25, 0.3) is 0 Å².